The molecule has 9 heteroatoms. The van der Waals surface area contributed by atoms with E-state index in [2.05, 4.69) is 35.4 Å². The van der Waals surface area contributed by atoms with Crippen molar-refractivity contribution in [1.82, 2.24) is 24.8 Å². The number of pyridine rings is 1. The van der Waals surface area contributed by atoms with Crippen LogP contribution in [0.3, 0.4) is 0 Å². The molecule has 0 aromatic carbocycles. The molecule has 3 aromatic rings. The number of aromatic nitrogens is 5. The van der Waals surface area contributed by atoms with E-state index in [1.165, 1.54) is 19.3 Å². The fraction of sp³-hybridized carbons (Fsp3) is 0.476. The van der Waals surface area contributed by atoms with Crippen LogP contribution in [0.5, 0.6) is 0 Å². The number of hydrogen-bond donors (Lipinski definition) is 1. The second-order valence-electron chi connectivity index (χ2n) is 8.00. The van der Waals surface area contributed by atoms with Gasteiger partial charge in [-0.2, -0.15) is 4.52 Å². The number of carbonyl (C=O) groups is 1. The van der Waals surface area contributed by atoms with Gasteiger partial charge in [-0.25, -0.2) is 4.98 Å². The van der Waals surface area contributed by atoms with Crippen LogP contribution in [0.1, 0.15) is 32.1 Å². The normalized spacial score (nSPS) is 18.0. The molecule has 30 heavy (non-hydrogen) atoms. The van der Waals surface area contributed by atoms with Gasteiger partial charge in [-0.05, 0) is 56.4 Å². The highest BCUT2D eigenvalue weighted by atomic mass is 16.1. The molecule has 5 heterocycles. The highest BCUT2D eigenvalue weighted by Crippen LogP contribution is 2.28. The van der Waals surface area contributed by atoms with Crippen molar-refractivity contribution in [2.24, 2.45) is 5.92 Å². The molecule has 2 aliphatic heterocycles. The molecule has 0 saturated carbocycles. The summed E-state index contributed by atoms with van der Waals surface area (Å²) in [5, 5.41) is 15.6. The molecule has 2 aliphatic rings. The number of anilines is 3. The molecule has 1 N–H and O–H groups in total. The van der Waals surface area contributed by atoms with Crippen LogP contribution < -0.4 is 15.1 Å². The van der Waals surface area contributed by atoms with Gasteiger partial charge in [-0.15, -0.1) is 15.3 Å². The molecule has 156 valence electrons. The lowest BCUT2D eigenvalue weighted by Crippen LogP contribution is -2.39. The Morgan fingerprint density at radius 2 is 1.83 bits per heavy atom. The van der Waals surface area contributed by atoms with Crippen LogP contribution in [0, 0.1) is 5.92 Å². The number of amides is 1. The van der Waals surface area contributed by atoms with Crippen LogP contribution in [-0.4, -0.2) is 56.9 Å². The first-order valence-electron chi connectivity index (χ1n) is 10.7. The van der Waals surface area contributed by atoms with Gasteiger partial charge < -0.3 is 15.1 Å². The maximum absolute atomic E-state index is 13.0. The standard InChI is InChI=1S/C21H26N8O/c30-21(24-17-5-4-10-22-20(17)28-11-2-1-3-12-28)16-8-13-27(14-9-16)19-7-6-18-25-23-15-29(18)26-19/h4-7,10,15-16H,1-3,8-9,11-14H2,(H,24,30). The van der Waals surface area contributed by atoms with E-state index in [0.717, 1.165) is 62.0 Å². The number of carbonyl (C=O) groups excluding carboxylic acids is 1. The summed E-state index contributed by atoms with van der Waals surface area (Å²) in [4.78, 5) is 22.0. The quantitative estimate of drug-likeness (QED) is 0.711. The average molecular weight is 406 g/mol. The molecular formula is C21H26N8O. The third-order valence-corrected chi connectivity index (χ3v) is 6.04. The molecule has 9 nitrogen and oxygen atoms in total. The van der Waals surface area contributed by atoms with E-state index in [-0.39, 0.29) is 11.8 Å². The maximum Gasteiger partial charge on any atom is 0.227 e. The van der Waals surface area contributed by atoms with Crippen molar-refractivity contribution in [2.75, 3.05) is 41.3 Å². The molecule has 5 rings (SSSR count). The Morgan fingerprint density at radius 3 is 2.67 bits per heavy atom. The number of fused-ring (bicyclic) bond motifs is 1. The van der Waals surface area contributed by atoms with E-state index in [1.807, 2.05) is 24.3 Å². The average Bonchev–Trinajstić information content (AvgIpc) is 3.28. The Hall–Kier alpha value is -3.23. The first kappa shape index (κ1) is 18.8. The largest absolute Gasteiger partial charge is 0.355 e. The summed E-state index contributed by atoms with van der Waals surface area (Å²) >= 11 is 0. The van der Waals surface area contributed by atoms with Gasteiger partial charge in [-0.1, -0.05) is 0 Å². The molecule has 0 spiro atoms. The molecule has 0 aliphatic carbocycles. The lowest BCUT2D eigenvalue weighted by molar-refractivity contribution is -0.120. The minimum Gasteiger partial charge on any atom is -0.355 e. The Labute approximate surface area is 175 Å². The molecular weight excluding hydrogens is 380 g/mol. The van der Waals surface area contributed by atoms with E-state index in [9.17, 15) is 4.79 Å². The number of nitrogens with one attached hydrogen (secondary N) is 1. The molecule has 0 radical (unpaired) electrons. The number of piperidine rings is 2. The number of rotatable bonds is 4. The van der Waals surface area contributed by atoms with Gasteiger partial charge in [0.05, 0.1) is 5.69 Å². The Bertz CT molecular complexity index is 1020. The smallest absolute Gasteiger partial charge is 0.227 e. The Morgan fingerprint density at radius 1 is 1.00 bits per heavy atom. The van der Waals surface area contributed by atoms with Crippen molar-refractivity contribution in [3.05, 3.63) is 36.8 Å². The van der Waals surface area contributed by atoms with E-state index < -0.39 is 0 Å². The monoisotopic (exact) mass is 406 g/mol. The van der Waals surface area contributed by atoms with Gasteiger partial charge >= 0.3 is 0 Å². The molecule has 3 aromatic heterocycles. The lowest BCUT2D eigenvalue weighted by Gasteiger charge is -2.32. The van der Waals surface area contributed by atoms with Gasteiger partial charge in [0.2, 0.25) is 5.91 Å². The zero-order valence-corrected chi connectivity index (χ0v) is 16.9. The minimum atomic E-state index is -0.00527. The first-order valence-corrected chi connectivity index (χ1v) is 10.7. The van der Waals surface area contributed by atoms with E-state index >= 15 is 0 Å². The Kier molecular flexibility index (Phi) is 5.17. The van der Waals surface area contributed by atoms with Crippen LogP contribution >= 0.6 is 0 Å². The lowest BCUT2D eigenvalue weighted by atomic mass is 9.96. The van der Waals surface area contributed by atoms with Gasteiger partial charge in [0.15, 0.2) is 11.5 Å². The van der Waals surface area contributed by atoms with Crippen LogP contribution in [0.2, 0.25) is 0 Å². The SMILES string of the molecule is O=C(Nc1cccnc1N1CCCCC1)C1CCN(c2ccc3nncn3n2)CC1. The van der Waals surface area contributed by atoms with Crippen molar-refractivity contribution in [3.8, 4) is 0 Å². The van der Waals surface area contributed by atoms with E-state index in [4.69, 9.17) is 0 Å². The summed E-state index contributed by atoms with van der Waals surface area (Å²) < 4.78 is 1.68. The zero-order valence-electron chi connectivity index (χ0n) is 16.9. The summed E-state index contributed by atoms with van der Waals surface area (Å²) in [5.74, 6) is 1.87. The number of nitrogens with zero attached hydrogens (tertiary/aromatic N) is 7. The van der Waals surface area contributed by atoms with Gasteiger partial charge in [0.1, 0.15) is 12.1 Å². The summed E-state index contributed by atoms with van der Waals surface area (Å²) in [5.41, 5.74) is 1.56. The highest BCUT2D eigenvalue weighted by Gasteiger charge is 2.27. The van der Waals surface area contributed by atoms with Crippen LogP contribution in [-0.2, 0) is 4.79 Å². The maximum atomic E-state index is 13.0. The van der Waals surface area contributed by atoms with Crippen molar-refractivity contribution < 1.29 is 4.79 Å². The fourth-order valence-electron chi connectivity index (χ4n) is 4.34. The van der Waals surface area contributed by atoms with Gasteiger partial charge in [-0.3, -0.25) is 4.79 Å². The molecule has 2 fully saturated rings. The fourth-order valence-corrected chi connectivity index (χ4v) is 4.34. The predicted octanol–water partition coefficient (Wildman–Crippen LogP) is 2.36. The molecule has 0 bridgehead atoms. The van der Waals surface area contributed by atoms with Crippen LogP contribution in [0.15, 0.2) is 36.8 Å². The summed E-state index contributed by atoms with van der Waals surface area (Å²) in [6, 6.07) is 7.73. The zero-order chi connectivity index (χ0) is 20.3. The van der Waals surface area contributed by atoms with Crippen molar-refractivity contribution in [1.29, 1.82) is 0 Å². The van der Waals surface area contributed by atoms with Crippen LogP contribution in [0.4, 0.5) is 17.3 Å². The molecule has 0 atom stereocenters. The summed E-state index contributed by atoms with van der Waals surface area (Å²) in [6.45, 7) is 3.60. The minimum absolute atomic E-state index is 0.00527. The second kappa shape index (κ2) is 8.25. The Balaban J connectivity index is 1.22. The predicted molar refractivity (Wildman–Crippen MR) is 115 cm³/mol. The van der Waals surface area contributed by atoms with E-state index in [0.29, 0.717) is 0 Å². The van der Waals surface area contributed by atoms with Crippen molar-refractivity contribution in [2.45, 2.75) is 32.1 Å². The number of hydrogen-bond acceptors (Lipinski definition) is 7. The molecule has 1 amide bonds. The molecule has 0 unspecified atom stereocenters. The van der Waals surface area contributed by atoms with Crippen LogP contribution in [0.25, 0.3) is 5.65 Å². The molecule has 2 saturated heterocycles. The van der Waals surface area contributed by atoms with Crippen molar-refractivity contribution >= 4 is 28.9 Å². The third-order valence-electron chi connectivity index (χ3n) is 6.04. The van der Waals surface area contributed by atoms with E-state index in [1.54, 1.807) is 17.0 Å². The van der Waals surface area contributed by atoms with Gasteiger partial charge in [0, 0.05) is 38.3 Å². The topological polar surface area (TPSA) is 91.5 Å². The first-order chi connectivity index (χ1) is 14.8. The highest BCUT2D eigenvalue weighted by molar-refractivity contribution is 5.95. The second-order valence-corrected chi connectivity index (χ2v) is 8.00. The summed E-state index contributed by atoms with van der Waals surface area (Å²) in [7, 11) is 0. The van der Waals surface area contributed by atoms with Crippen molar-refractivity contribution in [3.63, 3.8) is 0 Å². The van der Waals surface area contributed by atoms with Gasteiger partial charge in [0.25, 0.3) is 0 Å². The third kappa shape index (κ3) is 3.79. The summed E-state index contributed by atoms with van der Waals surface area (Å²) in [6.07, 6.45) is 8.63.